The second-order valence-electron chi connectivity index (χ2n) is 5.06. The molecule has 2 aromatic carbocycles. The highest BCUT2D eigenvalue weighted by molar-refractivity contribution is 6.32. The quantitative estimate of drug-likeness (QED) is 0.736. The third-order valence-electron chi connectivity index (χ3n) is 3.21. The zero-order chi connectivity index (χ0) is 18.2. The minimum Gasteiger partial charge on any atom is -0.495 e. The van der Waals surface area contributed by atoms with Gasteiger partial charge in [-0.25, -0.2) is 9.18 Å². The van der Waals surface area contributed by atoms with E-state index in [-0.39, 0.29) is 18.9 Å². The molecule has 2 rings (SSSR count). The number of methoxy groups -OCH3 is 1. The maximum Gasteiger partial charge on any atom is 0.315 e. The highest BCUT2D eigenvalue weighted by atomic mass is 35.5. The second-order valence-corrected chi connectivity index (χ2v) is 5.47. The first-order valence-electron chi connectivity index (χ1n) is 7.37. The fourth-order valence-electron chi connectivity index (χ4n) is 1.96. The molecular weight excluding hydrogens is 349 g/mol. The van der Waals surface area contributed by atoms with Gasteiger partial charge >= 0.3 is 6.03 Å². The molecule has 0 saturated heterocycles. The van der Waals surface area contributed by atoms with Crippen molar-refractivity contribution >= 4 is 29.2 Å². The van der Waals surface area contributed by atoms with Gasteiger partial charge in [0.15, 0.2) is 0 Å². The number of benzene rings is 2. The number of carbonyl (C=O) groups excluding carboxylic acids is 2. The number of amides is 3. The molecule has 0 bridgehead atoms. The minimum absolute atomic E-state index is 0.209. The van der Waals surface area contributed by atoms with Gasteiger partial charge in [0.1, 0.15) is 11.6 Å². The molecule has 0 radical (unpaired) electrons. The van der Waals surface area contributed by atoms with Crippen LogP contribution in [0.4, 0.5) is 14.9 Å². The molecule has 25 heavy (non-hydrogen) atoms. The molecule has 2 aromatic rings. The van der Waals surface area contributed by atoms with Crippen LogP contribution in [0.2, 0.25) is 5.02 Å². The molecule has 0 aliphatic carbocycles. The summed E-state index contributed by atoms with van der Waals surface area (Å²) in [6.07, 6.45) is 0. The van der Waals surface area contributed by atoms with Crippen molar-refractivity contribution in [3.63, 3.8) is 0 Å². The summed E-state index contributed by atoms with van der Waals surface area (Å²) in [6, 6.07) is 10.0. The van der Waals surface area contributed by atoms with Crippen LogP contribution in [0.5, 0.6) is 5.75 Å². The largest absolute Gasteiger partial charge is 0.495 e. The molecule has 0 fully saturated rings. The number of rotatable bonds is 6. The van der Waals surface area contributed by atoms with Crippen LogP contribution in [0, 0.1) is 5.82 Å². The van der Waals surface area contributed by atoms with Gasteiger partial charge in [-0.2, -0.15) is 0 Å². The highest BCUT2D eigenvalue weighted by Gasteiger charge is 2.07. The number of ether oxygens (including phenoxy) is 1. The van der Waals surface area contributed by atoms with Gasteiger partial charge in [-0.15, -0.1) is 0 Å². The number of halogens is 2. The zero-order valence-corrected chi connectivity index (χ0v) is 14.2. The van der Waals surface area contributed by atoms with Crippen molar-refractivity contribution in [2.45, 2.75) is 6.54 Å². The van der Waals surface area contributed by atoms with E-state index < -0.39 is 11.9 Å². The van der Waals surface area contributed by atoms with E-state index in [1.165, 1.54) is 19.2 Å². The SMILES string of the molecule is COc1ccc(NC(=O)CNC(=O)NCc2ccc(F)cc2)cc1Cl. The Balaban J connectivity index is 1.74. The average Bonchev–Trinajstić information content (AvgIpc) is 2.59. The van der Waals surface area contributed by atoms with Crippen LogP contribution < -0.4 is 20.7 Å². The Morgan fingerprint density at radius 2 is 1.84 bits per heavy atom. The molecule has 0 atom stereocenters. The summed E-state index contributed by atoms with van der Waals surface area (Å²) >= 11 is 5.97. The van der Waals surface area contributed by atoms with Crippen molar-refractivity contribution in [2.75, 3.05) is 19.0 Å². The number of nitrogens with one attached hydrogen (secondary N) is 3. The highest BCUT2D eigenvalue weighted by Crippen LogP contribution is 2.27. The predicted molar refractivity (Wildman–Crippen MR) is 93.3 cm³/mol. The maximum absolute atomic E-state index is 12.8. The van der Waals surface area contributed by atoms with Crippen molar-refractivity contribution in [3.8, 4) is 5.75 Å². The Hall–Kier alpha value is -2.80. The molecule has 3 amide bonds. The van der Waals surface area contributed by atoms with Gasteiger partial charge in [-0.05, 0) is 35.9 Å². The Morgan fingerprint density at radius 1 is 1.12 bits per heavy atom. The third kappa shape index (κ3) is 5.96. The fourth-order valence-corrected chi connectivity index (χ4v) is 2.21. The van der Waals surface area contributed by atoms with Gasteiger partial charge in [0.25, 0.3) is 0 Å². The monoisotopic (exact) mass is 365 g/mol. The van der Waals surface area contributed by atoms with E-state index in [9.17, 15) is 14.0 Å². The first-order valence-corrected chi connectivity index (χ1v) is 7.75. The summed E-state index contributed by atoms with van der Waals surface area (Å²) in [5.74, 6) is -0.250. The number of hydrogen-bond acceptors (Lipinski definition) is 3. The Kier molecular flexibility index (Phi) is 6.59. The molecule has 0 aliphatic rings. The van der Waals surface area contributed by atoms with Crippen LogP contribution in [0.15, 0.2) is 42.5 Å². The molecule has 0 aliphatic heterocycles. The molecule has 0 aromatic heterocycles. The zero-order valence-electron chi connectivity index (χ0n) is 13.4. The first-order chi connectivity index (χ1) is 12.0. The van der Waals surface area contributed by atoms with E-state index in [0.717, 1.165) is 5.56 Å². The van der Waals surface area contributed by atoms with E-state index in [2.05, 4.69) is 16.0 Å². The van der Waals surface area contributed by atoms with E-state index in [0.29, 0.717) is 16.5 Å². The number of anilines is 1. The molecule has 8 heteroatoms. The molecule has 3 N–H and O–H groups in total. The third-order valence-corrected chi connectivity index (χ3v) is 3.51. The molecule has 132 valence electrons. The normalized spacial score (nSPS) is 10.0. The van der Waals surface area contributed by atoms with Crippen LogP contribution in [0.1, 0.15) is 5.56 Å². The van der Waals surface area contributed by atoms with Crippen LogP contribution in [0.25, 0.3) is 0 Å². The topological polar surface area (TPSA) is 79.5 Å². The Bertz CT molecular complexity index is 753. The molecule has 0 heterocycles. The number of carbonyl (C=O) groups is 2. The van der Waals surface area contributed by atoms with Gasteiger partial charge in [-0.1, -0.05) is 23.7 Å². The average molecular weight is 366 g/mol. The first kappa shape index (κ1) is 18.5. The summed E-state index contributed by atoms with van der Waals surface area (Å²) in [5.41, 5.74) is 1.23. The van der Waals surface area contributed by atoms with Crippen LogP contribution >= 0.6 is 11.6 Å². The van der Waals surface area contributed by atoms with Crippen LogP contribution in [-0.4, -0.2) is 25.6 Å². The van der Waals surface area contributed by atoms with Gasteiger partial charge < -0.3 is 20.7 Å². The lowest BCUT2D eigenvalue weighted by Gasteiger charge is -2.10. The van der Waals surface area contributed by atoms with Gasteiger partial charge in [-0.3, -0.25) is 4.79 Å². The van der Waals surface area contributed by atoms with Gasteiger partial charge in [0, 0.05) is 12.2 Å². The smallest absolute Gasteiger partial charge is 0.315 e. The Morgan fingerprint density at radius 3 is 2.48 bits per heavy atom. The second kappa shape index (κ2) is 8.89. The van der Waals surface area contributed by atoms with Crippen molar-refractivity contribution < 1.29 is 18.7 Å². The molecule has 0 spiro atoms. The lowest BCUT2D eigenvalue weighted by molar-refractivity contribution is -0.115. The van der Waals surface area contributed by atoms with Crippen molar-refractivity contribution in [2.24, 2.45) is 0 Å². The van der Waals surface area contributed by atoms with E-state index in [1.54, 1.807) is 30.3 Å². The van der Waals surface area contributed by atoms with Crippen molar-refractivity contribution in [1.82, 2.24) is 10.6 Å². The number of urea groups is 1. The van der Waals surface area contributed by atoms with E-state index >= 15 is 0 Å². The summed E-state index contributed by atoms with van der Waals surface area (Å²) < 4.78 is 17.8. The van der Waals surface area contributed by atoms with Gasteiger partial charge in [0.05, 0.1) is 18.7 Å². The summed E-state index contributed by atoms with van der Waals surface area (Å²) in [4.78, 5) is 23.5. The summed E-state index contributed by atoms with van der Waals surface area (Å²) in [7, 11) is 1.49. The molecule has 6 nitrogen and oxygen atoms in total. The summed E-state index contributed by atoms with van der Waals surface area (Å²) in [5, 5.41) is 7.97. The van der Waals surface area contributed by atoms with E-state index in [4.69, 9.17) is 16.3 Å². The molecule has 0 unspecified atom stereocenters. The number of hydrogen-bond donors (Lipinski definition) is 3. The van der Waals surface area contributed by atoms with Crippen molar-refractivity contribution in [1.29, 1.82) is 0 Å². The maximum atomic E-state index is 12.8. The predicted octanol–water partition coefficient (Wildman–Crippen LogP) is 2.93. The molecular formula is C17H17ClFN3O3. The van der Waals surface area contributed by atoms with E-state index in [1.807, 2.05) is 0 Å². The molecule has 0 saturated carbocycles. The van der Waals surface area contributed by atoms with Crippen LogP contribution in [0.3, 0.4) is 0 Å². The van der Waals surface area contributed by atoms with Crippen LogP contribution in [-0.2, 0) is 11.3 Å². The minimum atomic E-state index is -0.507. The lowest BCUT2D eigenvalue weighted by Crippen LogP contribution is -2.39. The van der Waals surface area contributed by atoms with Gasteiger partial charge in [0.2, 0.25) is 5.91 Å². The standard InChI is InChI=1S/C17H17ClFN3O3/c1-25-15-7-6-13(8-14(15)18)22-16(23)10-21-17(24)20-9-11-2-4-12(19)5-3-11/h2-8H,9-10H2,1H3,(H,22,23)(H2,20,21,24). The lowest BCUT2D eigenvalue weighted by atomic mass is 10.2. The fraction of sp³-hybridized carbons (Fsp3) is 0.176. The van der Waals surface area contributed by atoms with Crippen molar-refractivity contribution in [3.05, 3.63) is 58.9 Å². The summed E-state index contributed by atoms with van der Waals surface area (Å²) in [6.45, 7) is 0.0146. The Labute approximate surface area is 149 Å².